The second kappa shape index (κ2) is 3.82. The van der Waals surface area contributed by atoms with Crippen molar-refractivity contribution in [2.24, 2.45) is 5.73 Å². The normalized spacial score (nSPS) is 9.00. The summed E-state index contributed by atoms with van der Waals surface area (Å²) in [6.07, 6.45) is -0.885. The molecule has 0 saturated heterocycles. The zero-order valence-electron chi connectivity index (χ0n) is 6.19. The third-order valence-corrected chi connectivity index (χ3v) is 1.52. The highest BCUT2D eigenvalue weighted by molar-refractivity contribution is 7.80. The first-order valence-corrected chi connectivity index (χ1v) is 3.67. The van der Waals surface area contributed by atoms with Gasteiger partial charge in [-0.1, -0.05) is 30.3 Å². The molecule has 0 fully saturated rings. The van der Waals surface area contributed by atoms with Crippen LogP contribution >= 0.6 is 12.2 Å². The summed E-state index contributed by atoms with van der Waals surface area (Å²) in [6, 6.07) is 8.92. The van der Waals surface area contributed by atoms with E-state index >= 15 is 0 Å². The molecule has 1 rings (SSSR count). The number of carbonyl (C=O) groups excluding carboxylic acids is 1. The second-order valence-electron chi connectivity index (χ2n) is 2.07. The molecule has 1 aromatic carbocycles. The van der Waals surface area contributed by atoms with Gasteiger partial charge in [0.25, 0.3) is 0 Å². The molecule has 1 amide bonds. The van der Waals surface area contributed by atoms with Crippen molar-refractivity contribution in [3.8, 4) is 0 Å². The number of nitrogens with two attached hydrogens (primary N) is 1. The molecule has 0 saturated carbocycles. The SMILES string of the molecule is NC(=O)OC(=S)c1ccccc1. The molecule has 4 heteroatoms. The third-order valence-electron chi connectivity index (χ3n) is 1.20. The van der Waals surface area contributed by atoms with Gasteiger partial charge in [-0.25, -0.2) is 4.79 Å². The molecule has 62 valence electrons. The van der Waals surface area contributed by atoms with Crippen molar-refractivity contribution in [1.29, 1.82) is 0 Å². The molecular formula is C8H7NO2S. The average molecular weight is 181 g/mol. The Hall–Kier alpha value is -1.42. The zero-order valence-corrected chi connectivity index (χ0v) is 7.01. The van der Waals surface area contributed by atoms with E-state index in [4.69, 9.17) is 18.0 Å². The molecule has 0 radical (unpaired) electrons. The Kier molecular flexibility index (Phi) is 2.76. The van der Waals surface area contributed by atoms with E-state index in [0.717, 1.165) is 0 Å². The van der Waals surface area contributed by atoms with E-state index in [1.807, 2.05) is 6.07 Å². The zero-order chi connectivity index (χ0) is 8.97. The Balaban J connectivity index is 2.73. The Morgan fingerprint density at radius 2 is 1.92 bits per heavy atom. The van der Waals surface area contributed by atoms with E-state index in [9.17, 15) is 4.79 Å². The maximum atomic E-state index is 10.3. The number of hydrogen-bond acceptors (Lipinski definition) is 3. The highest BCUT2D eigenvalue weighted by atomic mass is 32.1. The van der Waals surface area contributed by atoms with Crippen LogP contribution in [0.15, 0.2) is 30.3 Å². The molecule has 0 atom stereocenters. The lowest BCUT2D eigenvalue weighted by Crippen LogP contribution is -2.17. The Bertz CT molecular complexity index is 297. The highest BCUT2D eigenvalue weighted by Gasteiger charge is 2.03. The fourth-order valence-corrected chi connectivity index (χ4v) is 0.943. The van der Waals surface area contributed by atoms with Gasteiger partial charge in [0.15, 0.2) is 0 Å². The van der Waals surface area contributed by atoms with Gasteiger partial charge in [0.05, 0.1) is 0 Å². The van der Waals surface area contributed by atoms with Crippen molar-refractivity contribution >= 4 is 23.4 Å². The fraction of sp³-hybridized carbons (Fsp3) is 0. The smallest absolute Gasteiger partial charge is 0.398 e. The number of benzene rings is 1. The fourth-order valence-electron chi connectivity index (χ4n) is 0.725. The molecule has 0 unspecified atom stereocenters. The van der Waals surface area contributed by atoms with Gasteiger partial charge in [-0.2, -0.15) is 0 Å². The standard InChI is InChI=1S/C8H7NO2S/c9-8(10)11-7(12)6-4-2-1-3-5-6/h1-5H,(H2,9,10). The van der Waals surface area contributed by atoms with E-state index < -0.39 is 6.09 Å². The van der Waals surface area contributed by atoms with Crippen LogP contribution in [0.2, 0.25) is 0 Å². The van der Waals surface area contributed by atoms with E-state index in [2.05, 4.69) is 4.74 Å². The van der Waals surface area contributed by atoms with Crippen LogP contribution in [0.5, 0.6) is 0 Å². The van der Waals surface area contributed by atoms with Crippen LogP contribution in [0, 0.1) is 0 Å². The maximum Gasteiger partial charge on any atom is 0.410 e. The first-order valence-electron chi connectivity index (χ1n) is 3.27. The molecule has 0 spiro atoms. The summed E-state index contributed by atoms with van der Waals surface area (Å²) in [5.41, 5.74) is 5.45. The molecule has 0 heterocycles. The van der Waals surface area contributed by atoms with E-state index in [1.165, 1.54) is 0 Å². The van der Waals surface area contributed by atoms with Crippen LogP contribution in [0.3, 0.4) is 0 Å². The molecule has 0 aliphatic rings. The Morgan fingerprint density at radius 1 is 1.33 bits per heavy atom. The van der Waals surface area contributed by atoms with Crippen LogP contribution in [0.1, 0.15) is 5.56 Å². The summed E-state index contributed by atoms with van der Waals surface area (Å²) >= 11 is 4.77. The van der Waals surface area contributed by atoms with Crippen LogP contribution in [-0.4, -0.2) is 11.1 Å². The molecule has 0 bridgehead atoms. The van der Waals surface area contributed by atoms with Gasteiger partial charge in [-0.15, -0.1) is 0 Å². The van der Waals surface area contributed by atoms with Crippen LogP contribution in [-0.2, 0) is 4.74 Å². The summed E-state index contributed by atoms with van der Waals surface area (Å²) in [5, 5.41) is 0.100. The lowest BCUT2D eigenvalue weighted by Gasteiger charge is -2.00. The van der Waals surface area contributed by atoms with E-state index in [-0.39, 0.29) is 5.05 Å². The lowest BCUT2D eigenvalue weighted by atomic mass is 10.2. The van der Waals surface area contributed by atoms with Gasteiger partial charge in [-0.3, -0.25) is 0 Å². The number of ether oxygens (including phenoxy) is 1. The van der Waals surface area contributed by atoms with Crippen molar-refractivity contribution in [3.63, 3.8) is 0 Å². The summed E-state index contributed by atoms with van der Waals surface area (Å²) in [6.45, 7) is 0. The number of amides is 1. The average Bonchev–Trinajstić information content (AvgIpc) is 2.05. The Morgan fingerprint density at radius 3 is 2.42 bits per heavy atom. The summed E-state index contributed by atoms with van der Waals surface area (Å²) in [7, 11) is 0. The van der Waals surface area contributed by atoms with E-state index in [1.54, 1.807) is 24.3 Å². The van der Waals surface area contributed by atoms with Crippen molar-refractivity contribution in [1.82, 2.24) is 0 Å². The quantitative estimate of drug-likeness (QED) is 0.667. The van der Waals surface area contributed by atoms with Crippen molar-refractivity contribution in [2.75, 3.05) is 0 Å². The van der Waals surface area contributed by atoms with Crippen molar-refractivity contribution < 1.29 is 9.53 Å². The van der Waals surface area contributed by atoms with Gasteiger partial charge >= 0.3 is 6.09 Å². The lowest BCUT2D eigenvalue weighted by molar-refractivity contribution is 0.209. The monoisotopic (exact) mass is 181 g/mol. The minimum Gasteiger partial charge on any atom is -0.398 e. The summed E-state index contributed by atoms with van der Waals surface area (Å²) < 4.78 is 4.51. The summed E-state index contributed by atoms with van der Waals surface area (Å²) in [4.78, 5) is 10.3. The first-order chi connectivity index (χ1) is 5.70. The molecule has 12 heavy (non-hydrogen) atoms. The Labute approximate surface area is 75.1 Å². The summed E-state index contributed by atoms with van der Waals surface area (Å²) in [5.74, 6) is 0. The molecule has 2 N–H and O–H groups in total. The molecule has 1 aromatic rings. The number of carbonyl (C=O) groups is 1. The van der Waals surface area contributed by atoms with Gasteiger partial charge in [0.1, 0.15) is 0 Å². The first kappa shape index (κ1) is 8.67. The third kappa shape index (κ3) is 2.32. The molecular weight excluding hydrogens is 174 g/mol. The molecule has 0 aromatic heterocycles. The number of rotatable bonds is 1. The van der Waals surface area contributed by atoms with Crippen molar-refractivity contribution in [2.45, 2.75) is 0 Å². The minimum absolute atomic E-state index is 0.100. The molecule has 0 aliphatic carbocycles. The topological polar surface area (TPSA) is 52.3 Å². The number of primary amides is 1. The highest BCUT2D eigenvalue weighted by Crippen LogP contribution is 2.01. The molecule has 3 nitrogen and oxygen atoms in total. The van der Waals surface area contributed by atoms with Crippen molar-refractivity contribution in [3.05, 3.63) is 35.9 Å². The van der Waals surface area contributed by atoms with Crippen LogP contribution in [0.4, 0.5) is 4.79 Å². The number of thiocarbonyl (C=S) groups is 1. The largest absolute Gasteiger partial charge is 0.410 e. The van der Waals surface area contributed by atoms with Crippen LogP contribution in [0.25, 0.3) is 0 Å². The van der Waals surface area contributed by atoms with Gasteiger partial charge in [0.2, 0.25) is 5.05 Å². The maximum absolute atomic E-state index is 10.3. The van der Waals surface area contributed by atoms with E-state index in [0.29, 0.717) is 5.56 Å². The predicted molar refractivity (Wildman–Crippen MR) is 48.8 cm³/mol. The number of hydrogen-bond donors (Lipinski definition) is 1. The minimum atomic E-state index is -0.885. The van der Waals surface area contributed by atoms with Crippen LogP contribution < -0.4 is 5.73 Å². The second-order valence-corrected chi connectivity index (χ2v) is 2.45. The predicted octanol–water partition coefficient (Wildman–Crippen LogP) is 1.46. The van der Waals surface area contributed by atoms with Gasteiger partial charge < -0.3 is 10.5 Å². The van der Waals surface area contributed by atoms with Gasteiger partial charge in [-0.05, 0) is 12.2 Å². The molecule has 0 aliphatic heterocycles. The van der Waals surface area contributed by atoms with Gasteiger partial charge in [0, 0.05) is 5.56 Å².